The van der Waals surface area contributed by atoms with Crippen LogP contribution in [0.1, 0.15) is 0 Å². The number of fused-ring (bicyclic) bond motifs is 2. The number of para-hydroxylation sites is 1. The highest BCUT2D eigenvalue weighted by Gasteiger charge is 2.23. The molecule has 10 heteroatoms. The minimum Gasteiger partial charge on any atom is -0.345 e. The van der Waals surface area contributed by atoms with Gasteiger partial charge in [0.2, 0.25) is 0 Å². The third-order valence-electron chi connectivity index (χ3n) is 5.18. The lowest BCUT2D eigenvalue weighted by Gasteiger charge is -2.34. The van der Waals surface area contributed by atoms with E-state index < -0.39 is 9.84 Å². The van der Waals surface area contributed by atoms with E-state index in [2.05, 4.69) is 39.2 Å². The first-order chi connectivity index (χ1) is 14.4. The summed E-state index contributed by atoms with van der Waals surface area (Å²) in [6, 6.07) is 11.8. The van der Waals surface area contributed by atoms with E-state index in [-0.39, 0.29) is 0 Å². The van der Waals surface area contributed by atoms with Crippen LogP contribution in [0, 0.1) is 0 Å². The molecular formula is C20H20N4O2S4. The molecule has 3 heterocycles. The number of thiazole rings is 2. The first kappa shape index (κ1) is 20.0. The monoisotopic (exact) mass is 476 g/mol. The van der Waals surface area contributed by atoms with Gasteiger partial charge in [-0.05, 0) is 36.6 Å². The van der Waals surface area contributed by atoms with Gasteiger partial charge in [0, 0.05) is 37.3 Å². The molecule has 5 rings (SSSR count). The zero-order valence-corrected chi connectivity index (χ0v) is 19.8. The Morgan fingerprint density at radius 3 is 2.27 bits per heavy atom. The van der Waals surface area contributed by atoms with Gasteiger partial charge >= 0.3 is 0 Å². The van der Waals surface area contributed by atoms with Crippen molar-refractivity contribution in [3.63, 3.8) is 0 Å². The Labute approximate surface area is 187 Å². The van der Waals surface area contributed by atoms with Crippen molar-refractivity contribution < 1.29 is 8.42 Å². The highest BCUT2D eigenvalue weighted by molar-refractivity contribution is 7.98. The summed E-state index contributed by atoms with van der Waals surface area (Å²) in [5, 5.41) is 1.95. The molecule has 0 amide bonds. The normalized spacial score (nSPS) is 15.4. The molecule has 156 valence electrons. The van der Waals surface area contributed by atoms with E-state index >= 15 is 0 Å². The average Bonchev–Trinajstić information content (AvgIpc) is 3.36. The van der Waals surface area contributed by atoms with Gasteiger partial charge in [-0.25, -0.2) is 18.4 Å². The first-order valence-corrected chi connectivity index (χ1v) is 14.2. The van der Waals surface area contributed by atoms with E-state index in [0.717, 1.165) is 46.7 Å². The maximum absolute atomic E-state index is 12.1. The maximum Gasteiger partial charge on any atom is 0.186 e. The molecule has 0 radical (unpaired) electrons. The fourth-order valence-corrected chi connectivity index (χ4v) is 7.10. The van der Waals surface area contributed by atoms with E-state index in [0.29, 0.717) is 10.4 Å². The quantitative estimate of drug-likeness (QED) is 0.406. The van der Waals surface area contributed by atoms with Gasteiger partial charge < -0.3 is 9.80 Å². The van der Waals surface area contributed by atoms with E-state index in [1.54, 1.807) is 46.6 Å². The van der Waals surface area contributed by atoms with E-state index in [9.17, 15) is 8.42 Å². The summed E-state index contributed by atoms with van der Waals surface area (Å²) in [5.74, 6) is 0. The maximum atomic E-state index is 12.1. The molecule has 2 aromatic heterocycles. The van der Waals surface area contributed by atoms with Crippen LogP contribution in [0.3, 0.4) is 0 Å². The fraction of sp³-hybridized carbons (Fsp3) is 0.300. The van der Waals surface area contributed by atoms with Crippen LogP contribution in [0.4, 0.5) is 10.3 Å². The molecule has 0 bridgehead atoms. The lowest BCUT2D eigenvalue weighted by molar-refractivity contribution is 0.602. The average molecular weight is 477 g/mol. The molecular weight excluding hydrogens is 457 g/mol. The van der Waals surface area contributed by atoms with E-state index in [1.165, 1.54) is 15.9 Å². The Morgan fingerprint density at radius 2 is 1.60 bits per heavy atom. The van der Waals surface area contributed by atoms with Crippen molar-refractivity contribution in [2.45, 2.75) is 9.79 Å². The van der Waals surface area contributed by atoms with Gasteiger partial charge in [-0.2, -0.15) is 0 Å². The number of hydrogen-bond acceptors (Lipinski definition) is 9. The van der Waals surface area contributed by atoms with Crippen molar-refractivity contribution in [3.05, 3.63) is 36.4 Å². The van der Waals surface area contributed by atoms with Crippen LogP contribution >= 0.6 is 34.4 Å². The summed E-state index contributed by atoms with van der Waals surface area (Å²) in [4.78, 5) is 15.6. The van der Waals surface area contributed by atoms with Crippen LogP contribution < -0.4 is 9.80 Å². The van der Waals surface area contributed by atoms with Gasteiger partial charge in [-0.3, -0.25) is 0 Å². The van der Waals surface area contributed by atoms with Crippen molar-refractivity contribution in [1.29, 1.82) is 0 Å². The highest BCUT2D eigenvalue weighted by Crippen LogP contribution is 2.35. The number of rotatable bonds is 4. The first-order valence-electron chi connectivity index (χ1n) is 9.46. The van der Waals surface area contributed by atoms with Crippen molar-refractivity contribution >= 4 is 75.0 Å². The molecule has 1 aliphatic heterocycles. The predicted octanol–water partition coefficient (Wildman–Crippen LogP) is 4.36. The zero-order chi connectivity index (χ0) is 20.9. The second-order valence-corrected chi connectivity index (χ2v) is 12.1. The Bertz CT molecular complexity index is 1340. The van der Waals surface area contributed by atoms with Gasteiger partial charge in [0.1, 0.15) is 5.52 Å². The number of nitrogens with zero attached hydrogens (tertiary/aromatic N) is 4. The molecule has 6 nitrogen and oxygen atoms in total. The highest BCUT2D eigenvalue weighted by atomic mass is 32.2. The molecule has 1 saturated heterocycles. The third-order valence-corrected chi connectivity index (χ3v) is 9.19. The van der Waals surface area contributed by atoms with Crippen LogP contribution in [0.15, 0.2) is 46.2 Å². The van der Waals surface area contributed by atoms with Gasteiger partial charge in [0.25, 0.3) is 0 Å². The van der Waals surface area contributed by atoms with Crippen molar-refractivity contribution in [1.82, 2.24) is 9.97 Å². The number of hydrogen-bond donors (Lipinski definition) is 0. The number of benzene rings is 2. The van der Waals surface area contributed by atoms with Crippen molar-refractivity contribution in [3.8, 4) is 0 Å². The number of aromatic nitrogens is 2. The molecule has 0 aliphatic carbocycles. The Balaban J connectivity index is 1.36. The summed E-state index contributed by atoms with van der Waals surface area (Å²) in [6.45, 7) is 3.40. The van der Waals surface area contributed by atoms with Gasteiger partial charge in [0.15, 0.2) is 20.1 Å². The minimum atomic E-state index is -3.30. The SMILES string of the molecule is CSc1ccc2nc(N3CCN(c4nc5c(S(C)(=O)=O)cccc5s4)CC3)sc2c1. The molecule has 0 spiro atoms. The zero-order valence-electron chi connectivity index (χ0n) is 16.5. The summed E-state index contributed by atoms with van der Waals surface area (Å²) >= 11 is 5.04. The lowest BCUT2D eigenvalue weighted by Crippen LogP contribution is -2.46. The number of thioether (sulfide) groups is 1. The molecule has 0 atom stereocenters. The molecule has 0 N–H and O–H groups in total. The second-order valence-electron chi connectivity index (χ2n) is 7.18. The lowest BCUT2D eigenvalue weighted by atomic mass is 10.3. The fourth-order valence-electron chi connectivity index (χ4n) is 3.59. The van der Waals surface area contributed by atoms with Crippen LogP contribution in [-0.2, 0) is 9.84 Å². The number of sulfone groups is 1. The summed E-state index contributed by atoms with van der Waals surface area (Å²) < 4.78 is 26.3. The smallest absolute Gasteiger partial charge is 0.186 e. The van der Waals surface area contributed by atoms with Crippen molar-refractivity contribution in [2.24, 2.45) is 0 Å². The molecule has 1 fully saturated rings. The van der Waals surface area contributed by atoms with Gasteiger partial charge in [-0.1, -0.05) is 28.7 Å². The Morgan fingerprint density at radius 1 is 0.933 bits per heavy atom. The summed E-state index contributed by atoms with van der Waals surface area (Å²) in [5.41, 5.74) is 1.63. The largest absolute Gasteiger partial charge is 0.345 e. The molecule has 4 aromatic rings. The predicted molar refractivity (Wildman–Crippen MR) is 129 cm³/mol. The van der Waals surface area contributed by atoms with E-state index in [1.807, 2.05) is 6.07 Å². The molecule has 1 aliphatic rings. The minimum absolute atomic E-state index is 0.306. The number of anilines is 2. The van der Waals surface area contributed by atoms with Gasteiger partial charge in [0.05, 0.1) is 19.8 Å². The Kier molecular flexibility index (Phi) is 5.12. The second kappa shape index (κ2) is 7.67. The van der Waals surface area contributed by atoms with Gasteiger partial charge in [-0.15, -0.1) is 11.8 Å². The topological polar surface area (TPSA) is 66.4 Å². The third kappa shape index (κ3) is 3.66. The van der Waals surface area contributed by atoms with Crippen LogP contribution in [-0.4, -0.2) is 57.1 Å². The molecule has 0 unspecified atom stereocenters. The van der Waals surface area contributed by atoms with Crippen LogP contribution in [0.5, 0.6) is 0 Å². The van der Waals surface area contributed by atoms with Crippen LogP contribution in [0.2, 0.25) is 0 Å². The standard InChI is InChI=1S/C20H20N4O2S4/c1-27-13-6-7-14-16(12-13)29-19(21-14)23-8-10-24(11-9-23)20-22-18-15(28-20)4-3-5-17(18)30(2,25)26/h3-7,12H,8-11H2,1-2H3. The Hall–Kier alpha value is -1.88. The summed E-state index contributed by atoms with van der Waals surface area (Å²) in [6.07, 6.45) is 3.32. The molecule has 2 aromatic carbocycles. The van der Waals surface area contributed by atoms with Crippen LogP contribution in [0.25, 0.3) is 20.4 Å². The van der Waals surface area contributed by atoms with Crippen molar-refractivity contribution in [2.75, 3.05) is 48.5 Å². The van der Waals surface area contributed by atoms with E-state index in [4.69, 9.17) is 4.98 Å². The molecule has 0 saturated carbocycles. The molecule has 30 heavy (non-hydrogen) atoms. The summed E-state index contributed by atoms with van der Waals surface area (Å²) in [7, 11) is -3.30. The number of piperazine rings is 1.